The lowest BCUT2D eigenvalue weighted by Gasteiger charge is -2.21. The summed E-state index contributed by atoms with van der Waals surface area (Å²) in [6.07, 6.45) is 0.804. The predicted octanol–water partition coefficient (Wildman–Crippen LogP) is 2.92. The minimum Gasteiger partial charge on any atom is -0.512 e. The van der Waals surface area contributed by atoms with Crippen LogP contribution < -0.4 is 5.32 Å². The number of aliphatic hydroxyl groups is 1. The van der Waals surface area contributed by atoms with Crippen LogP contribution in [0.2, 0.25) is 0 Å². The van der Waals surface area contributed by atoms with Crippen LogP contribution in [0.15, 0.2) is 73.0 Å². The van der Waals surface area contributed by atoms with Crippen molar-refractivity contribution in [3.8, 4) is 0 Å². The van der Waals surface area contributed by atoms with Crippen molar-refractivity contribution in [3.63, 3.8) is 0 Å². The molecule has 2 aromatic rings. The van der Waals surface area contributed by atoms with E-state index >= 15 is 0 Å². The van der Waals surface area contributed by atoms with Crippen LogP contribution in [0.5, 0.6) is 0 Å². The second-order valence-electron chi connectivity index (χ2n) is 5.78. The van der Waals surface area contributed by atoms with Gasteiger partial charge in [-0.25, -0.2) is 0 Å². The van der Waals surface area contributed by atoms with Crippen LogP contribution >= 0.6 is 0 Å². The first-order chi connectivity index (χ1) is 11.6. The molecule has 4 nitrogen and oxygen atoms in total. The van der Waals surface area contributed by atoms with Gasteiger partial charge in [-0.2, -0.15) is 0 Å². The highest BCUT2D eigenvalue weighted by Gasteiger charge is 2.12. The molecule has 2 aromatic carbocycles. The first-order valence-electron chi connectivity index (χ1n) is 8.07. The fourth-order valence-electron chi connectivity index (χ4n) is 2.52. The van der Waals surface area contributed by atoms with Gasteiger partial charge in [0.2, 0.25) is 5.91 Å². The Bertz CT molecular complexity index is 641. The van der Waals surface area contributed by atoms with Crippen molar-refractivity contribution in [3.05, 3.63) is 84.1 Å². The fraction of sp³-hybridized carbons (Fsp3) is 0.250. The van der Waals surface area contributed by atoms with Crippen LogP contribution in [0.1, 0.15) is 11.1 Å². The molecule has 0 fully saturated rings. The Kier molecular flexibility index (Phi) is 7.05. The molecular weight excluding hydrogens is 300 g/mol. The summed E-state index contributed by atoms with van der Waals surface area (Å²) >= 11 is 0. The van der Waals surface area contributed by atoms with E-state index in [1.807, 2.05) is 65.6 Å². The lowest BCUT2D eigenvalue weighted by atomic mass is 10.1. The van der Waals surface area contributed by atoms with Gasteiger partial charge < -0.3 is 10.4 Å². The topological polar surface area (TPSA) is 52.6 Å². The number of aliphatic hydroxyl groups excluding tert-OH is 1. The normalized spacial score (nSPS) is 10.5. The van der Waals surface area contributed by atoms with Crippen molar-refractivity contribution in [2.24, 2.45) is 0 Å². The SMILES string of the molecule is C=C(O)CN(CC(=O)NCCc1ccccc1)Cc1ccccc1. The second-order valence-corrected chi connectivity index (χ2v) is 5.78. The molecule has 0 heterocycles. The molecule has 2 rings (SSSR count). The van der Waals surface area contributed by atoms with Crippen molar-refractivity contribution in [2.75, 3.05) is 19.6 Å². The van der Waals surface area contributed by atoms with Gasteiger partial charge in [-0.15, -0.1) is 0 Å². The molecule has 0 atom stereocenters. The zero-order valence-electron chi connectivity index (χ0n) is 13.8. The lowest BCUT2D eigenvalue weighted by Crippen LogP contribution is -2.38. The van der Waals surface area contributed by atoms with E-state index in [1.165, 1.54) is 5.56 Å². The van der Waals surface area contributed by atoms with E-state index in [-0.39, 0.29) is 24.8 Å². The van der Waals surface area contributed by atoms with E-state index in [4.69, 9.17) is 0 Å². The molecule has 0 saturated heterocycles. The first-order valence-corrected chi connectivity index (χ1v) is 8.07. The monoisotopic (exact) mass is 324 g/mol. The van der Waals surface area contributed by atoms with Crippen LogP contribution in [0.3, 0.4) is 0 Å². The van der Waals surface area contributed by atoms with Crippen molar-refractivity contribution in [1.82, 2.24) is 10.2 Å². The third kappa shape index (κ3) is 6.67. The summed E-state index contributed by atoms with van der Waals surface area (Å²) in [4.78, 5) is 14.0. The second kappa shape index (κ2) is 9.53. The summed E-state index contributed by atoms with van der Waals surface area (Å²) in [5, 5.41) is 12.4. The minimum atomic E-state index is -0.0527. The molecule has 0 aliphatic heterocycles. The highest BCUT2D eigenvalue weighted by molar-refractivity contribution is 5.78. The standard InChI is InChI=1S/C20H24N2O2/c1-17(23)14-22(15-19-10-6-3-7-11-19)16-20(24)21-13-12-18-8-4-2-5-9-18/h2-11,23H,1,12-16H2,(H,21,24). The zero-order valence-corrected chi connectivity index (χ0v) is 13.8. The fourth-order valence-corrected chi connectivity index (χ4v) is 2.52. The Labute approximate surface area is 143 Å². The molecule has 4 heteroatoms. The lowest BCUT2D eigenvalue weighted by molar-refractivity contribution is -0.122. The van der Waals surface area contributed by atoms with Crippen LogP contribution in [-0.2, 0) is 17.8 Å². The molecular formula is C20H24N2O2. The first kappa shape index (κ1) is 17.8. The Hall–Kier alpha value is -2.59. The number of nitrogens with one attached hydrogen (secondary N) is 1. The van der Waals surface area contributed by atoms with Gasteiger partial charge in [0.1, 0.15) is 0 Å². The number of hydrogen-bond acceptors (Lipinski definition) is 3. The molecule has 0 radical (unpaired) electrons. The molecule has 24 heavy (non-hydrogen) atoms. The van der Waals surface area contributed by atoms with Crippen LogP contribution in [0.4, 0.5) is 0 Å². The van der Waals surface area contributed by atoms with Gasteiger partial charge in [-0.3, -0.25) is 9.69 Å². The van der Waals surface area contributed by atoms with Crippen LogP contribution in [0.25, 0.3) is 0 Å². The van der Waals surface area contributed by atoms with E-state index in [0.29, 0.717) is 13.1 Å². The molecule has 0 aromatic heterocycles. The summed E-state index contributed by atoms with van der Waals surface area (Å²) < 4.78 is 0. The van der Waals surface area contributed by atoms with Crippen LogP contribution in [0, 0.1) is 0 Å². The average molecular weight is 324 g/mol. The molecule has 0 saturated carbocycles. The van der Waals surface area contributed by atoms with Crippen molar-refractivity contribution < 1.29 is 9.90 Å². The number of amides is 1. The Morgan fingerprint density at radius 2 is 1.54 bits per heavy atom. The molecule has 0 aliphatic rings. The van der Waals surface area contributed by atoms with Gasteiger partial charge in [0, 0.05) is 13.1 Å². The quantitative estimate of drug-likeness (QED) is 0.697. The Morgan fingerprint density at radius 3 is 2.12 bits per heavy atom. The van der Waals surface area contributed by atoms with Gasteiger partial charge in [-0.1, -0.05) is 67.2 Å². The van der Waals surface area contributed by atoms with Gasteiger partial charge in [-0.05, 0) is 17.5 Å². The van der Waals surface area contributed by atoms with Gasteiger partial charge in [0.05, 0.1) is 18.8 Å². The summed E-state index contributed by atoms with van der Waals surface area (Å²) in [5.74, 6) is 0.00567. The van der Waals surface area contributed by atoms with E-state index < -0.39 is 0 Å². The van der Waals surface area contributed by atoms with Crippen molar-refractivity contribution >= 4 is 5.91 Å². The summed E-state index contributed by atoms with van der Waals surface area (Å²) in [7, 11) is 0. The molecule has 2 N–H and O–H groups in total. The van der Waals surface area contributed by atoms with Crippen molar-refractivity contribution in [2.45, 2.75) is 13.0 Å². The van der Waals surface area contributed by atoms with Gasteiger partial charge in [0.25, 0.3) is 0 Å². The molecule has 0 spiro atoms. The minimum absolute atomic E-state index is 0.0527. The van der Waals surface area contributed by atoms with Crippen LogP contribution in [-0.4, -0.2) is 35.5 Å². The molecule has 0 bridgehead atoms. The maximum Gasteiger partial charge on any atom is 0.234 e. The van der Waals surface area contributed by atoms with Gasteiger partial charge in [0.15, 0.2) is 0 Å². The average Bonchev–Trinajstić information content (AvgIpc) is 2.56. The van der Waals surface area contributed by atoms with Gasteiger partial charge >= 0.3 is 0 Å². The third-order valence-corrected chi connectivity index (χ3v) is 3.60. The molecule has 0 unspecified atom stereocenters. The number of benzene rings is 2. The third-order valence-electron chi connectivity index (χ3n) is 3.60. The zero-order chi connectivity index (χ0) is 17.2. The maximum absolute atomic E-state index is 12.2. The van der Waals surface area contributed by atoms with E-state index in [1.54, 1.807) is 0 Å². The number of carbonyl (C=O) groups excluding carboxylic acids is 1. The Morgan fingerprint density at radius 1 is 0.958 bits per heavy atom. The number of carbonyl (C=O) groups is 1. The number of rotatable bonds is 9. The Balaban J connectivity index is 1.81. The summed E-state index contributed by atoms with van der Waals surface area (Å²) in [5.41, 5.74) is 2.29. The maximum atomic E-state index is 12.2. The smallest absolute Gasteiger partial charge is 0.234 e. The molecule has 1 amide bonds. The predicted molar refractivity (Wildman–Crippen MR) is 96.6 cm³/mol. The molecule has 126 valence electrons. The summed E-state index contributed by atoms with van der Waals surface area (Å²) in [6, 6.07) is 19.9. The van der Waals surface area contributed by atoms with E-state index in [9.17, 15) is 9.90 Å². The van der Waals surface area contributed by atoms with Crippen molar-refractivity contribution in [1.29, 1.82) is 0 Å². The largest absolute Gasteiger partial charge is 0.512 e. The number of nitrogens with zero attached hydrogens (tertiary/aromatic N) is 1. The van der Waals surface area contributed by atoms with E-state index in [0.717, 1.165) is 12.0 Å². The highest BCUT2D eigenvalue weighted by Crippen LogP contribution is 2.05. The molecule has 0 aliphatic carbocycles. The number of hydrogen-bond donors (Lipinski definition) is 2. The summed E-state index contributed by atoms with van der Waals surface area (Å²) in [6.45, 7) is 5.22. The van der Waals surface area contributed by atoms with E-state index in [2.05, 4.69) is 11.9 Å². The highest BCUT2D eigenvalue weighted by atomic mass is 16.3.